The number of aliphatic hydroxyl groups is 2. The number of hydrogen-bond donors (Lipinski definition) is 2. The molecular formula is C30H30Br2F6N2O6. The van der Waals surface area contributed by atoms with E-state index in [1.807, 2.05) is 0 Å². The van der Waals surface area contributed by atoms with Gasteiger partial charge in [0.1, 0.15) is 0 Å². The zero-order chi connectivity index (χ0) is 34.4. The number of aromatic nitrogens is 2. The van der Waals surface area contributed by atoms with E-state index in [1.165, 1.54) is 9.13 Å². The molecule has 2 fully saturated rings. The lowest BCUT2D eigenvalue weighted by Crippen LogP contribution is -2.53. The second kappa shape index (κ2) is 11.1. The van der Waals surface area contributed by atoms with E-state index in [9.17, 15) is 55.7 Å². The predicted molar refractivity (Wildman–Crippen MR) is 159 cm³/mol. The Kier molecular flexibility index (Phi) is 8.47. The summed E-state index contributed by atoms with van der Waals surface area (Å²) in [4.78, 5) is 49.6. The summed E-state index contributed by atoms with van der Waals surface area (Å²) >= 11 is 6.30. The van der Waals surface area contributed by atoms with Gasteiger partial charge in [0.25, 0.3) is 11.1 Å². The highest BCUT2D eigenvalue weighted by Gasteiger charge is 2.60. The van der Waals surface area contributed by atoms with Crippen LogP contribution in [0.3, 0.4) is 0 Å². The van der Waals surface area contributed by atoms with Gasteiger partial charge in [-0.15, -0.1) is 0 Å². The maximum Gasteiger partial charge on any atom is 0.417 e. The van der Waals surface area contributed by atoms with Crippen molar-refractivity contribution < 1.29 is 46.1 Å². The number of fused-ring (bicyclic) bond motifs is 4. The summed E-state index contributed by atoms with van der Waals surface area (Å²) in [5.74, 6) is -0.464. The van der Waals surface area contributed by atoms with Crippen LogP contribution >= 0.6 is 31.9 Å². The van der Waals surface area contributed by atoms with Crippen molar-refractivity contribution in [1.82, 2.24) is 9.13 Å². The molecule has 0 bridgehead atoms. The number of halogens is 8. The number of alkyl halides is 6. The van der Waals surface area contributed by atoms with E-state index >= 15 is 0 Å². The first-order valence-electron chi connectivity index (χ1n) is 14.5. The molecule has 0 saturated heterocycles. The number of ketones is 2. The summed E-state index contributed by atoms with van der Waals surface area (Å²) in [6.07, 6.45) is -11.7. The summed E-state index contributed by atoms with van der Waals surface area (Å²) < 4.78 is 81.2. The minimum Gasteiger partial charge on any atom is -0.380 e. The fraction of sp³-hybridized carbons (Fsp3) is 0.600. The molecule has 2 spiro atoms. The van der Waals surface area contributed by atoms with Crippen molar-refractivity contribution in [2.75, 3.05) is 0 Å². The van der Waals surface area contributed by atoms with Gasteiger partial charge in [0, 0.05) is 12.8 Å². The lowest BCUT2D eigenvalue weighted by atomic mass is 9.72. The first-order valence-corrected chi connectivity index (χ1v) is 16.1. The van der Waals surface area contributed by atoms with Gasteiger partial charge in [0.05, 0.1) is 31.4 Å². The van der Waals surface area contributed by atoms with Crippen LogP contribution in [-0.2, 0) is 11.1 Å². The van der Waals surface area contributed by atoms with Crippen LogP contribution in [-0.4, -0.2) is 54.5 Å². The average molecular weight is 788 g/mol. The molecule has 8 nitrogen and oxygen atoms in total. The number of pyridine rings is 2. The van der Waals surface area contributed by atoms with Crippen molar-refractivity contribution in [3.63, 3.8) is 0 Å². The monoisotopic (exact) mass is 786 g/mol. The average Bonchev–Trinajstić information content (AvgIpc) is 3.40. The summed E-state index contributed by atoms with van der Waals surface area (Å²) in [7, 11) is 0. The van der Waals surface area contributed by atoms with Gasteiger partial charge in [0.15, 0.2) is 22.8 Å². The minimum atomic E-state index is -4.71. The largest absolute Gasteiger partial charge is 0.417 e. The van der Waals surface area contributed by atoms with Gasteiger partial charge in [0.2, 0.25) is 0 Å². The van der Waals surface area contributed by atoms with E-state index in [-0.39, 0.29) is 70.4 Å². The smallest absolute Gasteiger partial charge is 0.380 e. The Hall–Kier alpha value is -2.30. The van der Waals surface area contributed by atoms with Crippen LogP contribution in [0, 0.1) is 13.8 Å². The first kappa shape index (κ1) is 35.0. The SMILES string of the molecule is Cc1cc(Br)c(=O)n2c1C(=O)CC21CCC(O)(C(F)(F)F)CC1.Cc1cc(Br)c(=O)n2c1C(=O)CC21CCC(O)(C(F)(F)F)CC1. The van der Waals surface area contributed by atoms with E-state index in [0.29, 0.717) is 11.1 Å². The molecule has 0 aromatic carbocycles. The number of carbonyl (C=O) groups is 2. The van der Waals surface area contributed by atoms with Crippen LogP contribution < -0.4 is 11.1 Å². The van der Waals surface area contributed by atoms with Gasteiger partial charge in [-0.1, -0.05) is 0 Å². The number of hydrogen-bond acceptors (Lipinski definition) is 6. The van der Waals surface area contributed by atoms with E-state index in [2.05, 4.69) is 31.9 Å². The fourth-order valence-electron chi connectivity index (χ4n) is 7.55. The van der Waals surface area contributed by atoms with Crippen molar-refractivity contribution in [2.24, 2.45) is 0 Å². The number of rotatable bonds is 0. The Morgan fingerprint density at radius 1 is 0.609 bits per heavy atom. The highest BCUT2D eigenvalue weighted by atomic mass is 79.9. The summed E-state index contributed by atoms with van der Waals surface area (Å²) in [5, 5.41) is 19.7. The molecule has 0 radical (unpaired) electrons. The number of aryl methyl sites for hydroxylation is 2. The first-order chi connectivity index (χ1) is 21.0. The maximum absolute atomic E-state index is 13.0. The van der Waals surface area contributed by atoms with E-state index in [0.717, 1.165) is 0 Å². The lowest BCUT2D eigenvalue weighted by molar-refractivity contribution is -0.274. The molecule has 0 amide bonds. The van der Waals surface area contributed by atoms with Crippen molar-refractivity contribution in [3.8, 4) is 0 Å². The highest BCUT2D eigenvalue weighted by molar-refractivity contribution is 9.10. The number of carbonyl (C=O) groups excluding carboxylic acids is 2. The Balaban J connectivity index is 0.000000181. The predicted octanol–water partition coefficient (Wildman–Crippen LogP) is 6.14. The molecule has 2 aliphatic heterocycles. The molecule has 6 rings (SSSR count). The third-order valence-electron chi connectivity index (χ3n) is 10.2. The fourth-order valence-corrected chi connectivity index (χ4v) is 8.59. The molecule has 4 heterocycles. The van der Waals surface area contributed by atoms with Crippen molar-refractivity contribution >= 4 is 43.4 Å². The maximum atomic E-state index is 13.0. The molecule has 252 valence electrons. The molecule has 0 unspecified atom stereocenters. The third-order valence-corrected chi connectivity index (χ3v) is 11.4. The van der Waals surface area contributed by atoms with Gasteiger partial charge in [-0.25, -0.2) is 0 Å². The van der Waals surface area contributed by atoms with Crippen molar-refractivity contribution in [2.45, 2.75) is 113 Å². The summed E-state index contributed by atoms with van der Waals surface area (Å²) in [5.41, 5.74) is -6.44. The third kappa shape index (κ3) is 5.34. The van der Waals surface area contributed by atoms with Crippen LogP contribution in [0.25, 0.3) is 0 Å². The minimum absolute atomic E-state index is 0.00741. The molecule has 4 aliphatic rings. The normalized spacial score (nSPS) is 30.8. The van der Waals surface area contributed by atoms with E-state index in [1.54, 1.807) is 26.0 Å². The summed E-state index contributed by atoms with van der Waals surface area (Å²) in [6.45, 7) is 3.39. The zero-order valence-corrected chi connectivity index (χ0v) is 27.8. The Morgan fingerprint density at radius 3 is 1.15 bits per heavy atom. The topological polar surface area (TPSA) is 119 Å². The molecule has 16 heteroatoms. The Labute approximate surface area is 275 Å². The molecular weight excluding hydrogens is 758 g/mol. The molecule has 2 aromatic heterocycles. The molecule has 2 saturated carbocycles. The van der Waals surface area contributed by atoms with Gasteiger partial charge < -0.3 is 10.2 Å². The van der Waals surface area contributed by atoms with E-state index in [4.69, 9.17) is 0 Å². The lowest BCUT2D eigenvalue weighted by Gasteiger charge is -2.43. The number of nitrogens with zero attached hydrogens (tertiary/aromatic N) is 2. The van der Waals surface area contributed by atoms with Gasteiger partial charge in [-0.2, -0.15) is 26.3 Å². The van der Waals surface area contributed by atoms with E-state index < -0.39 is 71.4 Å². The summed E-state index contributed by atoms with van der Waals surface area (Å²) in [6, 6.07) is 3.11. The second-order valence-corrected chi connectivity index (χ2v) is 14.7. The zero-order valence-electron chi connectivity index (χ0n) is 24.7. The van der Waals surface area contributed by atoms with Crippen LogP contribution in [0.1, 0.15) is 96.3 Å². The van der Waals surface area contributed by atoms with Crippen LogP contribution in [0.15, 0.2) is 30.7 Å². The van der Waals surface area contributed by atoms with Gasteiger partial charge in [-0.3, -0.25) is 28.3 Å². The standard InChI is InChI=1S/2C15H15BrF3NO3/c2*1-8-6-9(16)12(22)20-11(8)10(21)7-13(20)2-4-14(23,5-3-13)15(17,18)19/h2*6,23H,2-5,7H2,1H3. The van der Waals surface area contributed by atoms with Gasteiger partial charge >= 0.3 is 12.4 Å². The Bertz CT molecular complexity index is 1620. The quantitative estimate of drug-likeness (QED) is 0.310. The molecule has 46 heavy (non-hydrogen) atoms. The van der Waals surface area contributed by atoms with Crippen LogP contribution in [0.4, 0.5) is 26.3 Å². The highest BCUT2D eigenvalue weighted by Crippen LogP contribution is 2.52. The van der Waals surface area contributed by atoms with Crippen LogP contribution in [0.5, 0.6) is 0 Å². The molecule has 0 atom stereocenters. The molecule has 2 N–H and O–H groups in total. The van der Waals surface area contributed by atoms with Crippen molar-refractivity contribution in [1.29, 1.82) is 0 Å². The second-order valence-electron chi connectivity index (χ2n) is 13.0. The van der Waals surface area contributed by atoms with Crippen LogP contribution in [0.2, 0.25) is 0 Å². The molecule has 2 aromatic rings. The van der Waals surface area contributed by atoms with Crippen molar-refractivity contribution in [3.05, 3.63) is 64.3 Å². The number of Topliss-reactive ketones (excluding diaryl/α,β-unsaturated/α-hetero) is 2. The molecule has 2 aliphatic carbocycles. The van der Waals surface area contributed by atoms with Gasteiger partial charge in [-0.05, 0) is 120 Å². The Morgan fingerprint density at radius 2 is 0.891 bits per heavy atom.